The second-order valence-corrected chi connectivity index (χ2v) is 5.17. The van der Waals surface area contributed by atoms with E-state index in [0.717, 1.165) is 0 Å². The van der Waals surface area contributed by atoms with Crippen molar-refractivity contribution in [3.8, 4) is 0 Å². The fraction of sp³-hybridized carbons (Fsp3) is 0.600. The number of benzene rings is 1. The van der Waals surface area contributed by atoms with E-state index in [9.17, 15) is 9.50 Å². The maximum Gasteiger partial charge on any atom is 0.123 e. The van der Waals surface area contributed by atoms with Gasteiger partial charge >= 0.3 is 0 Å². The van der Waals surface area contributed by atoms with Crippen LogP contribution < -0.4 is 5.32 Å². The molecule has 2 nitrogen and oxygen atoms in total. The van der Waals surface area contributed by atoms with Crippen LogP contribution in [0.25, 0.3) is 0 Å². The molecular formula is C15H22FNO. The average Bonchev–Trinajstić information content (AvgIpc) is 2.64. The number of hydrogen-bond donors (Lipinski definition) is 2. The maximum absolute atomic E-state index is 13.0. The lowest BCUT2D eigenvalue weighted by Crippen LogP contribution is -2.32. The number of aliphatic hydroxyl groups is 1. The highest BCUT2D eigenvalue weighted by atomic mass is 19.1. The van der Waals surface area contributed by atoms with Gasteiger partial charge in [0.25, 0.3) is 0 Å². The Bertz CT molecular complexity index is 361. The summed E-state index contributed by atoms with van der Waals surface area (Å²) in [6.45, 7) is 0.508. The molecule has 100 valence electrons. The molecule has 1 aromatic carbocycles. The van der Waals surface area contributed by atoms with Crippen molar-refractivity contribution in [1.29, 1.82) is 0 Å². The fourth-order valence-electron chi connectivity index (χ4n) is 2.59. The molecule has 1 unspecified atom stereocenters. The Kier molecular flexibility index (Phi) is 5.14. The van der Waals surface area contributed by atoms with E-state index in [-0.39, 0.29) is 5.82 Å². The topological polar surface area (TPSA) is 32.3 Å². The van der Waals surface area contributed by atoms with Crippen LogP contribution in [0.2, 0.25) is 0 Å². The summed E-state index contributed by atoms with van der Waals surface area (Å²) in [6, 6.07) is 6.71. The van der Waals surface area contributed by atoms with Crippen molar-refractivity contribution >= 4 is 0 Å². The van der Waals surface area contributed by atoms with Crippen LogP contribution >= 0.6 is 0 Å². The Morgan fingerprint density at radius 1 is 1.22 bits per heavy atom. The van der Waals surface area contributed by atoms with Crippen LogP contribution in [0.4, 0.5) is 4.39 Å². The Morgan fingerprint density at radius 3 is 2.61 bits per heavy atom. The van der Waals surface area contributed by atoms with Gasteiger partial charge in [-0.1, -0.05) is 37.8 Å². The van der Waals surface area contributed by atoms with E-state index in [1.165, 1.54) is 50.7 Å². The lowest BCUT2D eigenvalue weighted by Gasteiger charge is -2.19. The standard InChI is InChI=1S/C15H22FNO/c16-13-7-5-6-12(10-13)15(18)11-17-14-8-3-1-2-4-9-14/h5-7,10,14-15,17-18H,1-4,8-9,11H2. The second kappa shape index (κ2) is 6.86. The minimum atomic E-state index is -0.621. The SMILES string of the molecule is OC(CNC1CCCCCC1)c1cccc(F)c1. The van der Waals surface area contributed by atoms with E-state index in [2.05, 4.69) is 5.32 Å². The Hall–Kier alpha value is -0.930. The van der Waals surface area contributed by atoms with Gasteiger partial charge in [-0.3, -0.25) is 0 Å². The first-order valence-electron chi connectivity index (χ1n) is 6.92. The van der Waals surface area contributed by atoms with E-state index >= 15 is 0 Å². The molecule has 1 aliphatic rings. The molecular weight excluding hydrogens is 229 g/mol. The van der Waals surface area contributed by atoms with Gasteiger partial charge < -0.3 is 10.4 Å². The molecule has 3 heteroatoms. The first kappa shape index (κ1) is 13.5. The van der Waals surface area contributed by atoms with Gasteiger partial charge in [0.15, 0.2) is 0 Å². The third kappa shape index (κ3) is 4.07. The van der Waals surface area contributed by atoms with Gasteiger partial charge in [0.2, 0.25) is 0 Å². The van der Waals surface area contributed by atoms with Gasteiger partial charge in [-0.2, -0.15) is 0 Å². The van der Waals surface area contributed by atoms with Crippen LogP contribution in [0, 0.1) is 5.82 Å². The molecule has 2 rings (SSSR count). The fourth-order valence-corrected chi connectivity index (χ4v) is 2.59. The van der Waals surface area contributed by atoms with Gasteiger partial charge in [0.05, 0.1) is 6.10 Å². The summed E-state index contributed by atoms with van der Waals surface area (Å²) in [5.41, 5.74) is 0.649. The molecule has 0 bridgehead atoms. The molecule has 1 aromatic rings. The van der Waals surface area contributed by atoms with E-state index in [1.54, 1.807) is 12.1 Å². The molecule has 0 heterocycles. The summed E-state index contributed by atoms with van der Waals surface area (Å²) in [5.74, 6) is -0.291. The van der Waals surface area contributed by atoms with E-state index in [0.29, 0.717) is 18.2 Å². The molecule has 0 spiro atoms. The van der Waals surface area contributed by atoms with Gasteiger partial charge in [-0.15, -0.1) is 0 Å². The van der Waals surface area contributed by atoms with Crippen molar-refractivity contribution in [3.63, 3.8) is 0 Å². The molecule has 1 fully saturated rings. The summed E-state index contributed by atoms with van der Waals surface area (Å²) in [6.07, 6.45) is 6.95. The van der Waals surface area contributed by atoms with Crippen molar-refractivity contribution in [1.82, 2.24) is 5.32 Å². The molecule has 0 saturated heterocycles. The molecule has 1 saturated carbocycles. The lowest BCUT2D eigenvalue weighted by molar-refractivity contribution is 0.168. The van der Waals surface area contributed by atoms with E-state index in [4.69, 9.17) is 0 Å². The predicted octanol–water partition coefficient (Wildman–Crippen LogP) is 3.17. The summed E-state index contributed by atoms with van der Waals surface area (Å²) in [7, 11) is 0. The largest absolute Gasteiger partial charge is 0.387 e. The first-order valence-corrected chi connectivity index (χ1v) is 6.92. The van der Waals surface area contributed by atoms with Crippen molar-refractivity contribution in [3.05, 3.63) is 35.6 Å². The third-order valence-electron chi connectivity index (χ3n) is 3.69. The van der Waals surface area contributed by atoms with Crippen LogP contribution in [-0.2, 0) is 0 Å². The van der Waals surface area contributed by atoms with Crippen LogP contribution in [0.15, 0.2) is 24.3 Å². The smallest absolute Gasteiger partial charge is 0.123 e. The molecule has 1 atom stereocenters. The van der Waals surface area contributed by atoms with Gasteiger partial charge in [0, 0.05) is 12.6 Å². The molecule has 1 aliphatic carbocycles. The van der Waals surface area contributed by atoms with Crippen LogP contribution in [0.1, 0.15) is 50.2 Å². The number of nitrogens with one attached hydrogen (secondary N) is 1. The first-order chi connectivity index (χ1) is 8.75. The zero-order chi connectivity index (χ0) is 12.8. The minimum absolute atomic E-state index is 0.291. The molecule has 0 aromatic heterocycles. The van der Waals surface area contributed by atoms with Gasteiger partial charge in [0.1, 0.15) is 5.82 Å². The summed E-state index contributed by atoms with van der Waals surface area (Å²) < 4.78 is 13.0. The molecule has 0 radical (unpaired) electrons. The molecule has 0 aliphatic heterocycles. The average molecular weight is 251 g/mol. The summed E-state index contributed by atoms with van der Waals surface area (Å²) >= 11 is 0. The highest BCUT2D eigenvalue weighted by Crippen LogP contribution is 2.18. The monoisotopic (exact) mass is 251 g/mol. The second-order valence-electron chi connectivity index (χ2n) is 5.17. The van der Waals surface area contributed by atoms with E-state index < -0.39 is 6.10 Å². The zero-order valence-corrected chi connectivity index (χ0v) is 10.7. The Balaban J connectivity index is 1.82. The minimum Gasteiger partial charge on any atom is -0.387 e. The van der Waals surface area contributed by atoms with E-state index in [1.807, 2.05) is 0 Å². The van der Waals surface area contributed by atoms with Crippen LogP contribution in [0.5, 0.6) is 0 Å². The number of halogens is 1. The number of rotatable bonds is 4. The molecule has 0 amide bonds. The van der Waals surface area contributed by atoms with Gasteiger partial charge in [-0.05, 0) is 30.5 Å². The third-order valence-corrected chi connectivity index (χ3v) is 3.69. The zero-order valence-electron chi connectivity index (χ0n) is 10.7. The van der Waals surface area contributed by atoms with Crippen molar-refractivity contribution in [2.75, 3.05) is 6.54 Å². The highest BCUT2D eigenvalue weighted by Gasteiger charge is 2.14. The summed E-state index contributed by atoms with van der Waals surface area (Å²) in [4.78, 5) is 0. The summed E-state index contributed by atoms with van der Waals surface area (Å²) in [5, 5.41) is 13.4. The van der Waals surface area contributed by atoms with Crippen molar-refractivity contribution < 1.29 is 9.50 Å². The van der Waals surface area contributed by atoms with Crippen LogP contribution in [-0.4, -0.2) is 17.7 Å². The number of hydrogen-bond acceptors (Lipinski definition) is 2. The number of aliphatic hydroxyl groups excluding tert-OH is 1. The Morgan fingerprint density at radius 2 is 1.94 bits per heavy atom. The predicted molar refractivity (Wildman–Crippen MR) is 70.9 cm³/mol. The van der Waals surface area contributed by atoms with Crippen LogP contribution in [0.3, 0.4) is 0 Å². The Labute approximate surface area is 108 Å². The van der Waals surface area contributed by atoms with Crippen molar-refractivity contribution in [2.45, 2.75) is 50.7 Å². The maximum atomic E-state index is 13.0. The highest BCUT2D eigenvalue weighted by molar-refractivity contribution is 5.18. The lowest BCUT2D eigenvalue weighted by atomic mass is 10.1. The van der Waals surface area contributed by atoms with Gasteiger partial charge in [-0.25, -0.2) is 4.39 Å². The molecule has 18 heavy (non-hydrogen) atoms. The van der Waals surface area contributed by atoms with Crippen molar-refractivity contribution in [2.24, 2.45) is 0 Å². The normalized spacial score (nSPS) is 19.4. The molecule has 2 N–H and O–H groups in total. The quantitative estimate of drug-likeness (QED) is 0.806.